The third-order valence-corrected chi connectivity index (χ3v) is 7.89. The molecule has 7 heteroatoms. The van der Waals surface area contributed by atoms with Gasteiger partial charge in [-0.15, -0.1) is 0 Å². The maximum atomic E-state index is 13.3. The van der Waals surface area contributed by atoms with Gasteiger partial charge in [0.25, 0.3) is 11.6 Å². The number of fused-ring (bicyclic) bond motifs is 2. The summed E-state index contributed by atoms with van der Waals surface area (Å²) in [6.45, 7) is 9.43. The number of nitro benzene ring substituents is 1. The van der Waals surface area contributed by atoms with Crippen molar-refractivity contribution >= 4 is 17.3 Å². The largest absolute Gasteiger partial charge is 0.378 e. The van der Waals surface area contributed by atoms with Crippen LogP contribution < -0.4 is 10.2 Å². The van der Waals surface area contributed by atoms with Crippen LogP contribution in [0.25, 0.3) is 0 Å². The van der Waals surface area contributed by atoms with Gasteiger partial charge in [0.05, 0.1) is 29.4 Å². The molecule has 2 bridgehead atoms. The van der Waals surface area contributed by atoms with Crippen LogP contribution in [0.4, 0.5) is 11.4 Å². The number of ether oxygens (including phenoxy) is 1. The molecule has 4 rings (SSSR count). The van der Waals surface area contributed by atoms with E-state index < -0.39 is 4.92 Å². The monoisotopic (exact) mass is 387 g/mol. The Morgan fingerprint density at radius 3 is 2.57 bits per heavy atom. The summed E-state index contributed by atoms with van der Waals surface area (Å²) in [6, 6.07) is 4.69. The molecule has 3 fully saturated rings. The number of carbonyl (C=O) groups is 1. The molecule has 1 amide bonds. The van der Waals surface area contributed by atoms with Crippen LogP contribution in [-0.4, -0.2) is 43.2 Å². The normalized spacial score (nSPS) is 31.0. The highest BCUT2D eigenvalue weighted by Crippen LogP contribution is 2.65. The molecule has 7 nitrogen and oxygen atoms in total. The number of amides is 1. The van der Waals surface area contributed by atoms with E-state index in [1.807, 2.05) is 0 Å². The van der Waals surface area contributed by atoms with Gasteiger partial charge in [-0.05, 0) is 42.1 Å². The van der Waals surface area contributed by atoms with Crippen molar-refractivity contribution in [2.75, 3.05) is 31.2 Å². The summed E-state index contributed by atoms with van der Waals surface area (Å²) >= 11 is 0. The molecule has 0 radical (unpaired) electrons. The lowest BCUT2D eigenvalue weighted by Crippen LogP contribution is -2.47. The molecule has 2 aliphatic carbocycles. The third-order valence-electron chi connectivity index (χ3n) is 7.89. The van der Waals surface area contributed by atoms with Gasteiger partial charge >= 0.3 is 0 Å². The first-order chi connectivity index (χ1) is 13.2. The molecular formula is C21H29N3O4. The van der Waals surface area contributed by atoms with E-state index in [1.54, 1.807) is 6.07 Å². The number of morpholine rings is 1. The number of rotatable bonds is 4. The standard InChI is InChI=1S/C21H29N3O4/c1-20(2)14-6-7-21(20,3)18(12-14)22-19(25)16-13-15(24(26)27)4-5-17(16)23-8-10-28-11-9-23/h4-5,13-14,18H,6-12H2,1-3H3,(H,22,25)/t14-,18+,21+/m0/s1. The van der Waals surface area contributed by atoms with Gasteiger partial charge in [0.2, 0.25) is 0 Å². The van der Waals surface area contributed by atoms with E-state index in [2.05, 4.69) is 31.0 Å². The number of nitrogens with one attached hydrogen (secondary N) is 1. The van der Waals surface area contributed by atoms with Crippen LogP contribution in [0, 0.1) is 26.9 Å². The number of hydrogen-bond donors (Lipinski definition) is 1. The minimum atomic E-state index is -0.443. The van der Waals surface area contributed by atoms with Crippen molar-refractivity contribution < 1.29 is 14.5 Å². The highest BCUT2D eigenvalue weighted by atomic mass is 16.6. The molecule has 0 spiro atoms. The molecule has 1 saturated heterocycles. The van der Waals surface area contributed by atoms with Gasteiger partial charge in [0.1, 0.15) is 0 Å². The van der Waals surface area contributed by atoms with E-state index in [1.165, 1.54) is 18.6 Å². The van der Waals surface area contributed by atoms with E-state index >= 15 is 0 Å². The molecule has 2 saturated carbocycles. The summed E-state index contributed by atoms with van der Waals surface area (Å²) in [7, 11) is 0. The van der Waals surface area contributed by atoms with Crippen molar-refractivity contribution in [1.29, 1.82) is 0 Å². The molecule has 1 aliphatic heterocycles. The average molecular weight is 387 g/mol. The fraction of sp³-hybridized carbons (Fsp3) is 0.667. The van der Waals surface area contributed by atoms with Crippen LogP contribution in [0.2, 0.25) is 0 Å². The fourth-order valence-electron chi connectivity index (χ4n) is 5.56. The van der Waals surface area contributed by atoms with Crippen molar-refractivity contribution in [2.24, 2.45) is 16.7 Å². The zero-order valence-electron chi connectivity index (χ0n) is 16.9. The minimum absolute atomic E-state index is 0.0540. The highest BCUT2D eigenvalue weighted by molar-refractivity contribution is 6.00. The average Bonchev–Trinajstić information content (AvgIpc) is 3.01. The summed E-state index contributed by atoms with van der Waals surface area (Å²) in [4.78, 5) is 26.2. The van der Waals surface area contributed by atoms with E-state index in [4.69, 9.17) is 4.74 Å². The third kappa shape index (κ3) is 2.87. The summed E-state index contributed by atoms with van der Waals surface area (Å²) in [5.41, 5.74) is 1.34. The lowest BCUT2D eigenvalue weighted by atomic mass is 9.69. The fourth-order valence-corrected chi connectivity index (χ4v) is 5.56. The van der Waals surface area contributed by atoms with Gasteiger partial charge < -0.3 is 15.0 Å². The van der Waals surface area contributed by atoms with Gasteiger partial charge in [0.15, 0.2) is 0 Å². The molecule has 3 aliphatic rings. The van der Waals surface area contributed by atoms with Crippen molar-refractivity contribution in [1.82, 2.24) is 5.32 Å². The molecular weight excluding hydrogens is 358 g/mol. The van der Waals surface area contributed by atoms with Gasteiger partial charge in [-0.2, -0.15) is 0 Å². The Balaban J connectivity index is 1.63. The quantitative estimate of drug-likeness (QED) is 0.632. The number of carbonyl (C=O) groups excluding carboxylic acids is 1. The van der Waals surface area contributed by atoms with Crippen LogP contribution >= 0.6 is 0 Å². The molecule has 1 N–H and O–H groups in total. The van der Waals surface area contributed by atoms with Crippen molar-refractivity contribution in [3.05, 3.63) is 33.9 Å². The second-order valence-electron chi connectivity index (χ2n) is 9.19. The summed E-state index contributed by atoms with van der Waals surface area (Å²) in [5.74, 6) is 0.409. The number of nitrogens with zero attached hydrogens (tertiary/aromatic N) is 2. The topological polar surface area (TPSA) is 84.7 Å². The maximum Gasteiger partial charge on any atom is 0.270 e. The van der Waals surface area contributed by atoms with E-state index in [0.29, 0.717) is 37.8 Å². The van der Waals surface area contributed by atoms with Crippen molar-refractivity contribution in [3.8, 4) is 0 Å². The summed E-state index contributed by atoms with van der Waals surface area (Å²) < 4.78 is 5.41. The number of nitro groups is 1. The molecule has 1 aromatic rings. The lowest BCUT2D eigenvalue weighted by Gasteiger charge is -2.39. The number of anilines is 1. The van der Waals surface area contributed by atoms with Gasteiger partial charge in [-0.1, -0.05) is 20.8 Å². The highest BCUT2D eigenvalue weighted by Gasteiger charge is 2.61. The Morgan fingerprint density at radius 2 is 2.00 bits per heavy atom. The number of non-ortho nitro benzene ring substituents is 1. The molecule has 1 heterocycles. The van der Waals surface area contributed by atoms with Gasteiger partial charge in [-0.25, -0.2) is 0 Å². The second kappa shape index (κ2) is 6.72. The van der Waals surface area contributed by atoms with Crippen LogP contribution in [0.1, 0.15) is 50.4 Å². The van der Waals surface area contributed by atoms with Crippen LogP contribution in [0.15, 0.2) is 18.2 Å². The Morgan fingerprint density at radius 1 is 1.29 bits per heavy atom. The molecule has 0 unspecified atom stereocenters. The maximum absolute atomic E-state index is 13.3. The first kappa shape index (κ1) is 19.2. The van der Waals surface area contributed by atoms with Crippen molar-refractivity contribution in [2.45, 2.75) is 46.1 Å². The number of benzene rings is 1. The Bertz CT molecular complexity index is 803. The SMILES string of the molecule is CC1(C)[C@H]2CC[C@]1(C)[C@H](NC(=O)c1cc([N+](=O)[O-])ccc1N1CCOCC1)C2. The predicted octanol–water partition coefficient (Wildman–Crippen LogP) is 3.38. The minimum Gasteiger partial charge on any atom is -0.378 e. The van der Waals surface area contributed by atoms with E-state index in [-0.39, 0.29) is 28.5 Å². The Labute approximate surface area is 165 Å². The van der Waals surface area contributed by atoms with Crippen LogP contribution in [0.3, 0.4) is 0 Å². The first-order valence-electron chi connectivity index (χ1n) is 10.2. The molecule has 1 aromatic carbocycles. The van der Waals surface area contributed by atoms with Gasteiger partial charge in [0, 0.05) is 31.3 Å². The molecule has 152 valence electrons. The summed E-state index contributed by atoms with van der Waals surface area (Å²) in [6.07, 6.45) is 3.31. The predicted molar refractivity (Wildman–Crippen MR) is 107 cm³/mol. The zero-order valence-corrected chi connectivity index (χ0v) is 16.9. The van der Waals surface area contributed by atoms with Crippen LogP contribution in [0.5, 0.6) is 0 Å². The van der Waals surface area contributed by atoms with E-state index in [9.17, 15) is 14.9 Å². The summed E-state index contributed by atoms with van der Waals surface area (Å²) in [5, 5.41) is 14.5. The number of hydrogen-bond acceptors (Lipinski definition) is 5. The van der Waals surface area contributed by atoms with Crippen molar-refractivity contribution in [3.63, 3.8) is 0 Å². The smallest absolute Gasteiger partial charge is 0.270 e. The van der Waals surface area contributed by atoms with Crippen LogP contribution in [-0.2, 0) is 4.74 Å². The molecule has 3 atom stereocenters. The second-order valence-corrected chi connectivity index (χ2v) is 9.19. The van der Waals surface area contributed by atoms with E-state index in [0.717, 1.165) is 18.5 Å². The molecule has 28 heavy (non-hydrogen) atoms. The molecule has 0 aromatic heterocycles. The zero-order chi connectivity index (χ0) is 20.1. The Hall–Kier alpha value is -2.15. The Kier molecular flexibility index (Phi) is 4.61. The lowest BCUT2D eigenvalue weighted by molar-refractivity contribution is -0.384. The van der Waals surface area contributed by atoms with Gasteiger partial charge in [-0.3, -0.25) is 14.9 Å². The first-order valence-corrected chi connectivity index (χ1v) is 10.2.